The third-order valence-corrected chi connectivity index (χ3v) is 2.62. The fraction of sp³-hybridized carbons (Fsp3) is 0.667. The lowest BCUT2D eigenvalue weighted by Crippen LogP contribution is -2.31. The molecule has 1 rings (SSSR count). The Kier molecular flexibility index (Phi) is 2.83. The maximum Gasteiger partial charge on any atom is 0.0936 e. The van der Waals surface area contributed by atoms with Crippen LogP contribution in [0.1, 0.15) is 40.0 Å². The minimum absolute atomic E-state index is 0.242. The molecule has 0 bridgehead atoms. The van der Waals surface area contributed by atoms with E-state index in [0.29, 0.717) is 6.42 Å². The molecule has 0 aromatic rings. The maximum absolute atomic E-state index is 10.0. The van der Waals surface area contributed by atoms with Crippen molar-refractivity contribution in [3.63, 3.8) is 0 Å². The predicted molar refractivity (Wildman–Crippen MR) is 55.2 cm³/mol. The zero-order valence-corrected chi connectivity index (χ0v) is 8.72. The van der Waals surface area contributed by atoms with Crippen LogP contribution >= 0.6 is 0 Å². The molecule has 1 unspecified atom stereocenters. The molecule has 1 N–H and O–H groups in total. The number of hydrogen-bond donors (Lipinski definition) is 1. The lowest BCUT2D eigenvalue weighted by Gasteiger charge is -2.33. The summed E-state index contributed by atoms with van der Waals surface area (Å²) >= 11 is 0. The third-order valence-electron chi connectivity index (χ3n) is 2.62. The second-order valence-corrected chi connectivity index (χ2v) is 4.53. The van der Waals surface area contributed by atoms with Crippen molar-refractivity contribution in [3.05, 3.63) is 12.2 Å². The topological polar surface area (TPSA) is 20.2 Å². The first-order chi connectivity index (χ1) is 5.97. The van der Waals surface area contributed by atoms with E-state index in [4.69, 9.17) is 0 Å². The quantitative estimate of drug-likeness (QED) is 0.483. The molecule has 0 spiro atoms. The van der Waals surface area contributed by atoms with E-state index in [9.17, 15) is 5.11 Å². The molecule has 1 heteroatoms. The van der Waals surface area contributed by atoms with E-state index in [1.54, 1.807) is 6.92 Å². The van der Waals surface area contributed by atoms with Gasteiger partial charge in [-0.25, -0.2) is 0 Å². The average molecular weight is 178 g/mol. The van der Waals surface area contributed by atoms with Crippen LogP contribution in [0.15, 0.2) is 12.2 Å². The molecule has 0 amide bonds. The fourth-order valence-electron chi connectivity index (χ4n) is 1.47. The molecular formula is C12H18O. The first-order valence-electron chi connectivity index (χ1n) is 4.80. The highest BCUT2D eigenvalue weighted by atomic mass is 16.3. The van der Waals surface area contributed by atoms with Crippen molar-refractivity contribution in [2.45, 2.75) is 45.6 Å². The van der Waals surface area contributed by atoms with Crippen molar-refractivity contribution in [3.8, 4) is 11.8 Å². The summed E-state index contributed by atoms with van der Waals surface area (Å²) in [4.78, 5) is 0. The zero-order chi connectivity index (χ0) is 9.95. The summed E-state index contributed by atoms with van der Waals surface area (Å²) in [5.41, 5.74) is -0.426. The Morgan fingerprint density at radius 2 is 2.00 bits per heavy atom. The normalized spacial score (nSPS) is 30.8. The molecule has 13 heavy (non-hydrogen) atoms. The Morgan fingerprint density at radius 1 is 1.31 bits per heavy atom. The van der Waals surface area contributed by atoms with E-state index in [1.165, 1.54) is 0 Å². The fourth-order valence-corrected chi connectivity index (χ4v) is 1.47. The van der Waals surface area contributed by atoms with Gasteiger partial charge >= 0.3 is 0 Å². The van der Waals surface area contributed by atoms with Gasteiger partial charge in [-0.05, 0) is 25.2 Å². The van der Waals surface area contributed by atoms with Crippen LogP contribution in [-0.4, -0.2) is 10.7 Å². The molecule has 0 saturated heterocycles. The van der Waals surface area contributed by atoms with Gasteiger partial charge in [-0.15, -0.1) is 11.8 Å². The van der Waals surface area contributed by atoms with Crippen LogP contribution < -0.4 is 0 Å². The second-order valence-electron chi connectivity index (χ2n) is 4.53. The van der Waals surface area contributed by atoms with E-state index in [0.717, 1.165) is 12.8 Å². The van der Waals surface area contributed by atoms with Crippen molar-refractivity contribution in [1.29, 1.82) is 0 Å². The third kappa shape index (κ3) is 2.90. The summed E-state index contributed by atoms with van der Waals surface area (Å²) in [6.07, 6.45) is 6.45. The Balaban J connectivity index is 2.68. The number of aliphatic hydroxyl groups is 1. The Bertz CT molecular complexity index is 265. The first kappa shape index (κ1) is 10.3. The van der Waals surface area contributed by atoms with E-state index in [-0.39, 0.29) is 5.41 Å². The SMILES string of the molecule is CC#CCC1(O)C=CC(C)(C)CC1. The summed E-state index contributed by atoms with van der Waals surface area (Å²) < 4.78 is 0. The molecule has 1 atom stereocenters. The van der Waals surface area contributed by atoms with Crippen LogP contribution in [0.25, 0.3) is 0 Å². The highest BCUT2D eigenvalue weighted by molar-refractivity contribution is 5.15. The van der Waals surface area contributed by atoms with E-state index in [1.807, 2.05) is 6.08 Å². The van der Waals surface area contributed by atoms with Crippen molar-refractivity contribution in [1.82, 2.24) is 0 Å². The van der Waals surface area contributed by atoms with E-state index < -0.39 is 5.60 Å². The summed E-state index contributed by atoms with van der Waals surface area (Å²) in [7, 11) is 0. The number of allylic oxidation sites excluding steroid dienone is 1. The summed E-state index contributed by atoms with van der Waals surface area (Å²) in [5.74, 6) is 5.75. The summed E-state index contributed by atoms with van der Waals surface area (Å²) in [5, 5.41) is 10.0. The van der Waals surface area contributed by atoms with E-state index in [2.05, 4.69) is 31.8 Å². The zero-order valence-electron chi connectivity index (χ0n) is 8.72. The van der Waals surface area contributed by atoms with Crippen LogP contribution in [0.3, 0.4) is 0 Å². The van der Waals surface area contributed by atoms with Crippen LogP contribution in [-0.2, 0) is 0 Å². The number of hydrogen-bond acceptors (Lipinski definition) is 1. The summed E-state index contributed by atoms with van der Waals surface area (Å²) in [6.45, 7) is 6.18. The summed E-state index contributed by atoms with van der Waals surface area (Å²) in [6, 6.07) is 0. The smallest absolute Gasteiger partial charge is 0.0936 e. The Hall–Kier alpha value is -0.740. The monoisotopic (exact) mass is 178 g/mol. The van der Waals surface area contributed by atoms with E-state index >= 15 is 0 Å². The minimum Gasteiger partial charge on any atom is -0.385 e. The molecule has 0 fully saturated rings. The molecule has 1 nitrogen and oxygen atoms in total. The standard InChI is InChI=1S/C12H18O/c1-4-5-6-12(13)9-7-11(2,3)8-10-12/h7,9,13H,6,8,10H2,1-3H3. The molecule has 0 radical (unpaired) electrons. The maximum atomic E-state index is 10.0. The van der Waals surface area contributed by atoms with Gasteiger partial charge in [0.2, 0.25) is 0 Å². The lowest BCUT2D eigenvalue weighted by atomic mass is 9.76. The molecule has 72 valence electrons. The van der Waals surface area contributed by atoms with Gasteiger partial charge in [-0.1, -0.05) is 26.0 Å². The molecule has 0 heterocycles. The molecule has 0 saturated carbocycles. The molecule has 1 aliphatic rings. The van der Waals surface area contributed by atoms with Crippen molar-refractivity contribution >= 4 is 0 Å². The van der Waals surface area contributed by atoms with Gasteiger partial charge in [0, 0.05) is 6.42 Å². The molecule has 1 aliphatic carbocycles. The Morgan fingerprint density at radius 3 is 2.46 bits per heavy atom. The Labute approximate surface area is 80.9 Å². The van der Waals surface area contributed by atoms with Gasteiger partial charge in [0.15, 0.2) is 0 Å². The van der Waals surface area contributed by atoms with Crippen molar-refractivity contribution < 1.29 is 5.11 Å². The lowest BCUT2D eigenvalue weighted by molar-refractivity contribution is 0.0656. The van der Waals surface area contributed by atoms with Crippen LogP contribution in [0.4, 0.5) is 0 Å². The molecule has 0 aliphatic heterocycles. The minimum atomic E-state index is -0.668. The van der Waals surface area contributed by atoms with Crippen LogP contribution in [0.2, 0.25) is 0 Å². The largest absolute Gasteiger partial charge is 0.385 e. The first-order valence-corrected chi connectivity index (χ1v) is 4.80. The highest BCUT2D eigenvalue weighted by Gasteiger charge is 2.30. The van der Waals surface area contributed by atoms with Gasteiger partial charge in [0.1, 0.15) is 0 Å². The van der Waals surface area contributed by atoms with Gasteiger partial charge < -0.3 is 5.11 Å². The van der Waals surface area contributed by atoms with Crippen LogP contribution in [0, 0.1) is 17.3 Å². The van der Waals surface area contributed by atoms with Gasteiger partial charge in [0.05, 0.1) is 5.60 Å². The molecule has 0 aromatic carbocycles. The number of rotatable bonds is 1. The van der Waals surface area contributed by atoms with Gasteiger partial charge in [0.25, 0.3) is 0 Å². The second kappa shape index (κ2) is 3.55. The van der Waals surface area contributed by atoms with Gasteiger partial charge in [-0.3, -0.25) is 0 Å². The predicted octanol–water partition coefficient (Wildman–Crippen LogP) is 2.51. The van der Waals surface area contributed by atoms with Crippen molar-refractivity contribution in [2.24, 2.45) is 5.41 Å². The average Bonchev–Trinajstić information content (AvgIpc) is 2.08. The van der Waals surface area contributed by atoms with Crippen molar-refractivity contribution in [2.75, 3.05) is 0 Å². The highest BCUT2D eigenvalue weighted by Crippen LogP contribution is 2.35. The van der Waals surface area contributed by atoms with Gasteiger partial charge in [-0.2, -0.15) is 0 Å². The molecule has 0 aromatic heterocycles. The molecular weight excluding hydrogens is 160 g/mol. The van der Waals surface area contributed by atoms with Crippen LogP contribution in [0.5, 0.6) is 0 Å².